The molecule has 144 valence electrons. The van der Waals surface area contributed by atoms with Crippen LogP contribution < -0.4 is 10.5 Å². The molecule has 0 N–H and O–H groups in total. The summed E-state index contributed by atoms with van der Waals surface area (Å²) in [7, 11) is 0. The number of amides is 1. The number of hydrogen-bond acceptors (Lipinski definition) is 6. The number of carbonyl (C=O) groups is 1. The van der Waals surface area contributed by atoms with Crippen LogP contribution in [0.3, 0.4) is 0 Å². The molecule has 0 saturated carbocycles. The van der Waals surface area contributed by atoms with Crippen molar-refractivity contribution in [3.05, 3.63) is 31.9 Å². The van der Waals surface area contributed by atoms with Crippen LogP contribution in [0, 0.1) is 18.3 Å². The minimum Gasteiger partial charge on any atom is -0.358 e. The van der Waals surface area contributed by atoms with E-state index < -0.39 is 0 Å². The quantitative estimate of drug-likeness (QED) is 0.536. The molecule has 0 spiro atoms. The Kier molecular flexibility index (Phi) is 6.84. The van der Waals surface area contributed by atoms with E-state index in [1.807, 2.05) is 33.8 Å². The fourth-order valence-electron chi connectivity index (χ4n) is 3.21. The summed E-state index contributed by atoms with van der Waals surface area (Å²) >= 11 is 6.56. The van der Waals surface area contributed by atoms with Gasteiger partial charge in [-0.3, -0.25) is 19.1 Å². The molecule has 1 aliphatic rings. The standard InChI is InChI=1S/C19H24N4O2S2/c1-6-21(7-2)16-13(10-15-18(25)23(9-4)19(26)27-15)12(5)14(11-20)17(24)22(16)8-3/h10H,6-9H2,1-5H3/b15-10-. The number of thioether (sulfide) groups is 1. The van der Waals surface area contributed by atoms with Crippen molar-refractivity contribution in [2.24, 2.45) is 0 Å². The molecule has 1 aromatic rings. The highest BCUT2D eigenvalue weighted by Crippen LogP contribution is 2.35. The molecule has 1 aliphatic heterocycles. The minimum atomic E-state index is -0.294. The molecule has 27 heavy (non-hydrogen) atoms. The number of hydrogen-bond donors (Lipinski definition) is 0. The molecule has 0 bridgehead atoms. The number of anilines is 1. The molecule has 0 atom stereocenters. The van der Waals surface area contributed by atoms with E-state index in [-0.39, 0.29) is 17.0 Å². The van der Waals surface area contributed by atoms with Gasteiger partial charge < -0.3 is 4.90 Å². The smallest absolute Gasteiger partial charge is 0.270 e. The number of nitriles is 1. The number of carbonyl (C=O) groups excluding carboxylic acids is 1. The first-order valence-corrected chi connectivity index (χ1v) is 10.3. The topological polar surface area (TPSA) is 69.3 Å². The van der Waals surface area contributed by atoms with Crippen LogP contribution in [0.1, 0.15) is 44.4 Å². The molecule has 1 amide bonds. The number of thiocarbonyl (C=S) groups is 1. The lowest BCUT2D eigenvalue weighted by atomic mass is 10.0. The summed E-state index contributed by atoms with van der Waals surface area (Å²) < 4.78 is 2.14. The van der Waals surface area contributed by atoms with Crippen molar-refractivity contribution in [3.8, 4) is 6.07 Å². The van der Waals surface area contributed by atoms with Crippen molar-refractivity contribution >= 4 is 46.1 Å². The predicted octanol–water partition coefficient (Wildman–Crippen LogP) is 3.12. The maximum Gasteiger partial charge on any atom is 0.270 e. The van der Waals surface area contributed by atoms with Gasteiger partial charge >= 0.3 is 0 Å². The molecule has 2 heterocycles. The lowest BCUT2D eigenvalue weighted by Gasteiger charge is -2.28. The van der Waals surface area contributed by atoms with Gasteiger partial charge in [-0.15, -0.1) is 0 Å². The second kappa shape index (κ2) is 8.72. The molecular weight excluding hydrogens is 380 g/mol. The lowest BCUT2D eigenvalue weighted by molar-refractivity contribution is -0.121. The Morgan fingerprint density at radius 1 is 1.19 bits per heavy atom. The van der Waals surface area contributed by atoms with E-state index in [1.54, 1.807) is 22.5 Å². The molecule has 1 fully saturated rings. The number of nitrogens with zero attached hydrogens (tertiary/aromatic N) is 4. The lowest BCUT2D eigenvalue weighted by Crippen LogP contribution is -2.34. The Labute approximate surface area is 169 Å². The fraction of sp³-hybridized carbons (Fsp3) is 0.474. The highest BCUT2D eigenvalue weighted by molar-refractivity contribution is 8.26. The van der Waals surface area contributed by atoms with Crippen LogP contribution in [0.5, 0.6) is 0 Å². The summed E-state index contributed by atoms with van der Waals surface area (Å²) in [4.78, 5) is 29.6. The van der Waals surface area contributed by atoms with Crippen molar-refractivity contribution in [2.75, 3.05) is 24.5 Å². The summed E-state index contributed by atoms with van der Waals surface area (Å²) in [5, 5.41) is 9.52. The Balaban J connectivity index is 2.84. The maximum absolute atomic E-state index is 12.8. The number of pyridine rings is 1. The van der Waals surface area contributed by atoms with E-state index in [1.165, 1.54) is 11.8 Å². The van der Waals surface area contributed by atoms with Crippen LogP contribution in [0.4, 0.5) is 5.82 Å². The van der Waals surface area contributed by atoms with Crippen molar-refractivity contribution in [1.29, 1.82) is 5.26 Å². The summed E-state index contributed by atoms with van der Waals surface area (Å²) in [6.45, 7) is 11.9. The Morgan fingerprint density at radius 2 is 1.81 bits per heavy atom. The van der Waals surface area contributed by atoms with Crippen LogP contribution in [0.15, 0.2) is 9.70 Å². The van der Waals surface area contributed by atoms with E-state index in [2.05, 4.69) is 4.90 Å². The van der Waals surface area contributed by atoms with Crippen LogP contribution >= 0.6 is 24.0 Å². The van der Waals surface area contributed by atoms with Gasteiger partial charge in [0.15, 0.2) is 0 Å². The van der Waals surface area contributed by atoms with Crippen molar-refractivity contribution < 1.29 is 4.79 Å². The minimum absolute atomic E-state index is 0.116. The SMILES string of the molecule is CCN1C(=O)/C(=C/c2c(C)c(C#N)c(=O)n(CC)c2N(CC)CC)SC1=S. The predicted molar refractivity (Wildman–Crippen MR) is 115 cm³/mol. The average Bonchev–Trinajstić information content (AvgIpc) is 2.92. The van der Waals surface area contributed by atoms with Gasteiger partial charge in [-0.2, -0.15) is 5.26 Å². The maximum atomic E-state index is 12.8. The summed E-state index contributed by atoms with van der Waals surface area (Å²) in [5.41, 5.74) is 1.15. The van der Waals surface area contributed by atoms with E-state index in [9.17, 15) is 14.9 Å². The Bertz CT molecular complexity index is 908. The van der Waals surface area contributed by atoms with Gasteiger partial charge in [-0.25, -0.2) is 0 Å². The molecule has 0 unspecified atom stereocenters. The molecular formula is C19H24N4O2S2. The number of aromatic nitrogens is 1. The van der Waals surface area contributed by atoms with Crippen LogP contribution in [-0.2, 0) is 11.3 Å². The van der Waals surface area contributed by atoms with Gasteiger partial charge in [0.05, 0.1) is 4.91 Å². The molecule has 1 aromatic heterocycles. The summed E-state index contributed by atoms with van der Waals surface area (Å²) in [6, 6.07) is 2.04. The number of likely N-dealkylation sites (N-methyl/N-ethyl adjacent to an activating group) is 1. The summed E-state index contributed by atoms with van der Waals surface area (Å²) in [6.07, 6.45) is 1.78. The summed E-state index contributed by atoms with van der Waals surface area (Å²) in [5.74, 6) is 0.607. The van der Waals surface area contributed by atoms with Gasteiger partial charge in [0.25, 0.3) is 11.5 Å². The van der Waals surface area contributed by atoms with E-state index in [0.29, 0.717) is 41.0 Å². The highest BCUT2D eigenvalue weighted by Gasteiger charge is 2.32. The van der Waals surface area contributed by atoms with Crippen molar-refractivity contribution in [1.82, 2.24) is 9.47 Å². The zero-order valence-corrected chi connectivity index (χ0v) is 18.0. The molecule has 6 nitrogen and oxygen atoms in total. The van der Waals surface area contributed by atoms with E-state index in [0.717, 1.165) is 11.4 Å². The van der Waals surface area contributed by atoms with Crippen LogP contribution in [-0.4, -0.2) is 39.3 Å². The van der Waals surface area contributed by atoms with Crippen molar-refractivity contribution in [2.45, 2.75) is 41.2 Å². The molecule has 8 heteroatoms. The molecule has 0 aromatic carbocycles. The van der Waals surface area contributed by atoms with Crippen LogP contribution in [0.2, 0.25) is 0 Å². The zero-order valence-electron chi connectivity index (χ0n) is 16.3. The third kappa shape index (κ3) is 3.66. The first kappa shape index (κ1) is 21.2. The fourth-order valence-corrected chi connectivity index (χ4v) is 4.57. The third-order valence-corrected chi connectivity index (χ3v) is 6.07. The second-order valence-corrected chi connectivity index (χ2v) is 7.67. The largest absolute Gasteiger partial charge is 0.358 e. The van der Waals surface area contributed by atoms with Crippen molar-refractivity contribution in [3.63, 3.8) is 0 Å². The Morgan fingerprint density at radius 3 is 2.26 bits per heavy atom. The number of rotatable bonds is 6. The molecule has 0 radical (unpaired) electrons. The third-order valence-electron chi connectivity index (χ3n) is 4.69. The molecule has 0 aliphatic carbocycles. The second-order valence-electron chi connectivity index (χ2n) is 6.00. The first-order chi connectivity index (χ1) is 12.9. The van der Waals surface area contributed by atoms with E-state index in [4.69, 9.17) is 12.2 Å². The van der Waals surface area contributed by atoms with Gasteiger partial charge in [0, 0.05) is 31.7 Å². The van der Waals surface area contributed by atoms with Gasteiger partial charge in [0.1, 0.15) is 21.8 Å². The zero-order chi connectivity index (χ0) is 20.3. The van der Waals surface area contributed by atoms with Gasteiger partial charge in [0.2, 0.25) is 0 Å². The molecule has 2 rings (SSSR count). The van der Waals surface area contributed by atoms with Gasteiger partial charge in [-0.05, 0) is 46.3 Å². The Hall–Kier alpha value is -2.11. The average molecular weight is 405 g/mol. The normalized spacial score (nSPS) is 15.6. The monoisotopic (exact) mass is 404 g/mol. The van der Waals surface area contributed by atoms with Gasteiger partial charge in [-0.1, -0.05) is 24.0 Å². The highest BCUT2D eigenvalue weighted by atomic mass is 32.2. The first-order valence-electron chi connectivity index (χ1n) is 9.03. The molecule has 1 saturated heterocycles. The van der Waals surface area contributed by atoms with E-state index >= 15 is 0 Å². The van der Waals surface area contributed by atoms with Crippen LogP contribution in [0.25, 0.3) is 6.08 Å².